The second-order valence-corrected chi connectivity index (χ2v) is 7.88. The minimum Gasteiger partial charge on any atom is -0.377 e. The van der Waals surface area contributed by atoms with Crippen molar-refractivity contribution in [1.82, 2.24) is 25.2 Å². The summed E-state index contributed by atoms with van der Waals surface area (Å²) >= 11 is 0. The molecule has 0 radical (unpaired) electrons. The van der Waals surface area contributed by atoms with Gasteiger partial charge >= 0.3 is 5.92 Å². The molecule has 182 valence electrons. The van der Waals surface area contributed by atoms with Gasteiger partial charge in [0.1, 0.15) is 23.7 Å². The number of carbonyl (C=O) groups is 1. The number of ketones is 1. The number of hydrogen-bond donors (Lipinski definition) is 1. The summed E-state index contributed by atoms with van der Waals surface area (Å²) in [7, 11) is 0. The normalized spacial score (nSPS) is 12.9. The molecule has 1 N–H and O–H groups in total. The third kappa shape index (κ3) is 4.85. The van der Waals surface area contributed by atoms with Gasteiger partial charge < -0.3 is 5.11 Å². The number of benzene rings is 2. The van der Waals surface area contributed by atoms with Crippen molar-refractivity contribution in [3.63, 3.8) is 0 Å². The third-order valence-electron chi connectivity index (χ3n) is 5.41. The molecule has 0 bridgehead atoms. The minimum absolute atomic E-state index is 0.0872. The monoisotopic (exact) mass is 495 g/mol. The fourth-order valence-electron chi connectivity index (χ4n) is 3.46. The summed E-state index contributed by atoms with van der Waals surface area (Å²) in [4.78, 5) is 15.1. The quantitative estimate of drug-likeness (QED) is 0.250. The molecule has 4 aromatic rings. The lowest BCUT2D eigenvalue weighted by atomic mass is 9.84. The summed E-state index contributed by atoms with van der Waals surface area (Å²) < 4.78 is 60.3. The van der Waals surface area contributed by atoms with Crippen LogP contribution in [0.1, 0.15) is 39.7 Å². The van der Waals surface area contributed by atoms with Gasteiger partial charge in [0.05, 0.1) is 6.54 Å². The first-order valence-corrected chi connectivity index (χ1v) is 10.5. The van der Waals surface area contributed by atoms with Gasteiger partial charge in [-0.05, 0) is 53.7 Å². The van der Waals surface area contributed by atoms with Gasteiger partial charge in [-0.15, -0.1) is 5.10 Å². The zero-order valence-electron chi connectivity index (χ0n) is 18.7. The number of hydrogen-bond acceptors (Lipinski definition) is 6. The number of nitrogens with zero attached hydrogens (tertiary/aromatic N) is 5. The first-order chi connectivity index (χ1) is 17.1. The van der Waals surface area contributed by atoms with Crippen LogP contribution in [0.5, 0.6) is 0 Å². The molecule has 2 aromatic carbocycles. The summed E-state index contributed by atoms with van der Waals surface area (Å²) in [6, 6.07) is 10.6. The van der Waals surface area contributed by atoms with E-state index in [0.717, 1.165) is 35.4 Å². The molecule has 2 aromatic heterocycles. The van der Waals surface area contributed by atoms with Gasteiger partial charge in [-0.2, -0.15) is 8.78 Å². The molecular formula is C25H17F4N5O2. The molecule has 36 heavy (non-hydrogen) atoms. The first-order valence-electron chi connectivity index (χ1n) is 10.5. The average Bonchev–Trinajstić information content (AvgIpc) is 3.36. The van der Waals surface area contributed by atoms with Crippen LogP contribution in [0, 0.1) is 23.5 Å². The highest BCUT2D eigenvalue weighted by Crippen LogP contribution is 2.46. The second kappa shape index (κ2) is 9.67. The molecule has 0 saturated heterocycles. The number of Topliss-reactive ketones (excluding diaryl/α,β-unsaturated/α-hetero) is 1. The van der Waals surface area contributed by atoms with Crippen LogP contribution in [-0.4, -0.2) is 36.1 Å². The molecule has 2 heterocycles. The number of carbonyl (C=O) groups excluding carboxylic acids is 1. The van der Waals surface area contributed by atoms with E-state index in [-0.39, 0.29) is 5.78 Å². The number of tetrazole rings is 1. The van der Waals surface area contributed by atoms with Crippen molar-refractivity contribution in [3.8, 4) is 11.8 Å². The van der Waals surface area contributed by atoms with Crippen LogP contribution in [0.2, 0.25) is 0 Å². The molecule has 0 saturated carbocycles. The molecule has 0 amide bonds. The zero-order valence-corrected chi connectivity index (χ0v) is 18.7. The van der Waals surface area contributed by atoms with Gasteiger partial charge in [0.15, 0.2) is 11.4 Å². The lowest BCUT2D eigenvalue weighted by Gasteiger charge is -2.35. The van der Waals surface area contributed by atoms with Gasteiger partial charge in [0.25, 0.3) is 0 Å². The molecule has 11 heteroatoms. The van der Waals surface area contributed by atoms with E-state index >= 15 is 8.78 Å². The number of alkyl halides is 2. The van der Waals surface area contributed by atoms with Gasteiger partial charge in [0.2, 0.25) is 0 Å². The standard InChI is InChI=1S/C25H17F4N5O2/c1-16(35)19-7-4-17(5-8-19)2-3-18-6-11-23(30-13-18)25(28,29)24(36,14-34-15-31-32-33-34)21-10-9-20(26)12-22(21)27/h4-13,15,36H,14H2,1H3. The van der Waals surface area contributed by atoms with Crippen LogP contribution in [-0.2, 0) is 18.1 Å². The van der Waals surface area contributed by atoms with Gasteiger partial charge in [-0.25, -0.2) is 13.5 Å². The Morgan fingerprint density at radius 3 is 2.31 bits per heavy atom. The van der Waals surface area contributed by atoms with E-state index in [1.807, 2.05) is 0 Å². The van der Waals surface area contributed by atoms with E-state index in [1.54, 1.807) is 24.3 Å². The molecule has 0 aliphatic carbocycles. The highest BCUT2D eigenvalue weighted by atomic mass is 19.3. The minimum atomic E-state index is -4.16. The topological polar surface area (TPSA) is 93.8 Å². The van der Waals surface area contributed by atoms with Gasteiger partial charge in [-0.1, -0.05) is 24.0 Å². The molecule has 0 spiro atoms. The largest absolute Gasteiger partial charge is 0.377 e. The van der Waals surface area contributed by atoms with Gasteiger partial charge in [-0.3, -0.25) is 9.78 Å². The van der Waals surface area contributed by atoms with E-state index in [1.165, 1.54) is 13.0 Å². The Hall–Kier alpha value is -4.43. The lowest BCUT2D eigenvalue weighted by Crippen LogP contribution is -2.48. The Morgan fingerprint density at radius 2 is 1.72 bits per heavy atom. The van der Waals surface area contributed by atoms with Gasteiger partial charge in [0, 0.05) is 34.5 Å². The van der Waals surface area contributed by atoms with Crippen LogP contribution >= 0.6 is 0 Å². The van der Waals surface area contributed by atoms with E-state index in [2.05, 4.69) is 32.4 Å². The summed E-state index contributed by atoms with van der Waals surface area (Å²) in [5.74, 6) is -1.01. The highest BCUT2D eigenvalue weighted by Gasteiger charge is 2.57. The molecule has 0 aliphatic rings. The predicted molar refractivity (Wildman–Crippen MR) is 119 cm³/mol. The third-order valence-corrected chi connectivity index (χ3v) is 5.41. The molecule has 0 aliphatic heterocycles. The molecule has 7 nitrogen and oxygen atoms in total. The second-order valence-electron chi connectivity index (χ2n) is 7.88. The maximum atomic E-state index is 15.7. The number of aromatic nitrogens is 5. The Balaban J connectivity index is 1.67. The number of rotatable bonds is 6. The van der Waals surface area contributed by atoms with E-state index in [9.17, 15) is 18.7 Å². The Morgan fingerprint density at radius 1 is 1.03 bits per heavy atom. The van der Waals surface area contributed by atoms with Crippen molar-refractivity contribution in [1.29, 1.82) is 0 Å². The number of halogens is 4. The van der Waals surface area contributed by atoms with E-state index in [0.29, 0.717) is 22.8 Å². The lowest BCUT2D eigenvalue weighted by molar-refractivity contribution is -0.207. The van der Waals surface area contributed by atoms with Crippen molar-refractivity contribution >= 4 is 5.78 Å². The van der Waals surface area contributed by atoms with E-state index < -0.39 is 41.0 Å². The Kier molecular flexibility index (Phi) is 6.63. The van der Waals surface area contributed by atoms with Crippen LogP contribution in [0.25, 0.3) is 0 Å². The molecule has 1 unspecified atom stereocenters. The zero-order chi connectivity index (χ0) is 25.9. The van der Waals surface area contributed by atoms with Crippen LogP contribution in [0.4, 0.5) is 17.6 Å². The van der Waals surface area contributed by atoms with Crippen LogP contribution < -0.4 is 0 Å². The average molecular weight is 495 g/mol. The molecule has 1 atom stereocenters. The summed E-state index contributed by atoms with van der Waals surface area (Å²) in [5, 5.41) is 21.3. The maximum Gasteiger partial charge on any atom is 0.323 e. The molecule has 4 rings (SSSR count). The van der Waals surface area contributed by atoms with Crippen molar-refractivity contribution in [2.75, 3.05) is 0 Å². The van der Waals surface area contributed by atoms with Crippen molar-refractivity contribution in [2.24, 2.45) is 0 Å². The summed E-state index contributed by atoms with van der Waals surface area (Å²) in [5.41, 5.74) is -3.54. The van der Waals surface area contributed by atoms with Crippen molar-refractivity contribution in [2.45, 2.75) is 25.0 Å². The van der Waals surface area contributed by atoms with Crippen LogP contribution in [0.3, 0.4) is 0 Å². The fraction of sp³-hybridized carbons (Fsp3) is 0.160. The molecule has 0 fully saturated rings. The van der Waals surface area contributed by atoms with Crippen molar-refractivity contribution in [3.05, 3.63) is 107 Å². The summed E-state index contributed by atoms with van der Waals surface area (Å²) in [6.45, 7) is 0.493. The van der Waals surface area contributed by atoms with E-state index in [4.69, 9.17) is 0 Å². The number of pyridine rings is 1. The number of aliphatic hydroxyl groups is 1. The predicted octanol–water partition coefficient (Wildman–Crippen LogP) is 3.63. The van der Waals surface area contributed by atoms with Crippen molar-refractivity contribution < 1.29 is 27.5 Å². The smallest absolute Gasteiger partial charge is 0.323 e. The van der Waals surface area contributed by atoms with Crippen LogP contribution in [0.15, 0.2) is 67.1 Å². The SMILES string of the molecule is CC(=O)c1ccc(C#Cc2ccc(C(F)(F)C(O)(Cn3cnnn3)c3ccc(F)cc3F)nc2)cc1. The first kappa shape index (κ1) is 24.7. The summed E-state index contributed by atoms with van der Waals surface area (Å²) in [6.07, 6.45) is 2.05. The Bertz CT molecular complexity index is 1450. The highest BCUT2D eigenvalue weighted by molar-refractivity contribution is 5.94. The fourth-order valence-corrected chi connectivity index (χ4v) is 3.46. The molecular weight excluding hydrogens is 478 g/mol. The Labute approximate surface area is 202 Å². The maximum absolute atomic E-state index is 15.7.